The summed E-state index contributed by atoms with van der Waals surface area (Å²) in [5.41, 5.74) is 1.96. The van der Waals surface area contributed by atoms with Crippen molar-refractivity contribution in [3.8, 4) is 17.6 Å². The molecule has 254 valence electrons. The molecule has 2 aromatic carbocycles. The van der Waals surface area contributed by atoms with Crippen LogP contribution in [0, 0.1) is 17.3 Å². The molecular formula is C35H42F4N3O3PS. The van der Waals surface area contributed by atoms with Crippen LogP contribution in [0.4, 0.5) is 28.9 Å². The Labute approximate surface area is 277 Å². The second kappa shape index (κ2) is 14.0. The number of ether oxygens (including phenoxy) is 2. The molecule has 0 atom stereocenters. The molecule has 2 saturated heterocycles. The summed E-state index contributed by atoms with van der Waals surface area (Å²) in [6, 6.07) is 11.3. The van der Waals surface area contributed by atoms with Gasteiger partial charge in [-0.15, -0.1) is 11.3 Å². The Morgan fingerprint density at radius 3 is 2.51 bits per heavy atom. The summed E-state index contributed by atoms with van der Waals surface area (Å²) in [6.45, 7) is 6.38. The quantitative estimate of drug-likeness (QED) is 0.135. The number of hydrogen-bond donors (Lipinski definition) is 2. The predicted molar refractivity (Wildman–Crippen MR) is 183 cm³/mol. The Bertz CT molecular complexity index is 1670. The van der Waals surface area contributed by atoms with E-state index in [4.69, 9.17) is 9.47 Å². The fraction of sp³-hybridized carbons (Fsp3) is 0.543. The number of hydrogen-bond acceptors (Lipinski definition) is 7. The third-order valence-corrected chi connectivity index (χ3v) is 12.5. The van der Waals surface area contributed by atoms with Crippen LogP contribution in [0.25, 0.3) is 10.1 Å². The lowest BCUT2D eigenvalue weighted by atomic mass is 9.71. The van der Waals surface area contributed by atoms with Gasteiger partial charge < -0.3 is 24.7 Å². The smallest absolute Gasteiger partial charge is 0.393 e. The maximum absolute atomic E-state index is 13.7. The topological polar surface area (TPSA) is 62.8 Å². The van der Waals surface area contributed by atoms with Crippen molar-refractivity contribution in [3.63, 3.8) is 0 Å². The van der Waals surface area contributed by atoms with Crippen LogP contribution >= 0.6 is 18.5 Å². The van der Waals surface area contributed by atoms with Crippen molar-refractivity contribution in [2.75, 3.05) is 63.7 Å². The van der Waals surface area contributed by atoms with Gasteiger partial charge in [0.2, 0.25) is 6.86 Å². The summed E-state index contributed by atoms with van der Waals surface area (Å²) < 4.78 is 78.2. The molecule has 1 aliphatic carbocycles. The van der Waals surface area contributed by atoms with Gasteiger partial charge >= 0.3 is 6.18 Å². The third kappa shape index (κ3) is 8.10. The molecule has 2 aliphatic heterocycles. The lowest BCUT2D eigenvalue weighted by Gasteiger charge is -2.56. The van der Waals surface area contributed by atoms with Gasteiger partial charge in [0.1, 0.15) is 12.9 Å². The van der Waals surface area contributed by atoms with Crippen molar-refractivity contribution in [3.05, 3.63) is 46.8 Å². The average molecular weight is 692 g/mol. The molecule has 6 nitrogen and oxygen atoms in total. The number of benzene rings is 2. The number of anilines is 2. The summed E-state index contributed by atoms with van der Waals surface area (Å²) in [7, 11) is -2.59. The molecule has 3 aromatic rings. The van der Waals surface area contributed by atoms with E-state index in [-0.39, 0.29) is 23.9 Å². The first-order valence-electron chi connectivity index (χ1n) is 16.2. The molecule has 0 unspecified atom stereocenters. The maximum Gasteiger partial charge on any atom is 0.393 e. The lowest BCUT2D eigenvalue weighted by molar-refractivity contribution is -0.126. The number of alkyl halides is 4. The van der Waals surface area contributed by atoms with E-state index in [9.17, 15) is 22.1 Å². The van der Waals surface area contributed by atoms with Crippen molar-refractivity contribution in [1.29, 1.82) is 0 Å². The van der Waals surface area contributed by atoms with Crippen LogP contribution in [0.3, 0.4) is 0 Å². The summed E-state index contributed by atoms with van der Waals surface area (Å²) in [5.74, 6) is 6.12. The first-order valence-corrected chi connectivity index (χ1v) is 19.7. The van der Waals surface area contributed by atoms with Gasteiger partial charge in [0.25, 0.3) is 0 Å². The van der Waals surface area contributed by atoms with Gasteiger partial charge in [-0.05, 0) is 87.1 Å². The van der Waals surface area contributed by atoms with Crippen LogP contribution in [-0.2, 0) is 15.7 Å². The molecule has 0 radical (unpaired) electrons. The summed E-state index contributed by atoms with van der Waals surface area (Å²) in [5, 5.41) is 7.85. The molecule has 1 aromatic heterocycles. The highest BCUT2D eigenvalue weighted by molar-refractivity contribution is 7.70. The van der Waals surface area contributed by atoms with Gasteiger partial charge in [0, 0.05) is 49.1 Å². The Balaban J connectivity index is 1.14. The van der Waals surface area contributed by atoms with Crippen LogP contribution in [0.15, 0.2) is 36.4 Å². The first-order chi connectivity index (χ1) is 22.4. The summed E-state index contributed by atoms with van der Waals surface area (Å²) in [4.78, 5) is 3.02. The van der Waals surface area contributed by atoms with Crippen LogP contribution in [0.2, 0.25) is 0 Å². The molecule has 3 aliphatic rings. The standard InChI is InChI=1S/C35H42F4N3O3PS/c1-46(2,43)26-12-13-29(31(19-26)45-23-36)40-16-4-7-32-28(20-35(37,38)39)27-5-3-6-30(33(27)47-32)41-24-8-10-25(11-9-24)42-21-34(22-42)14-17-44-18-15-34/h3,5-6,12-13,19,24-25,40-41H,8-11,14-18,20-23H2,1-2H3. The SMILES string of the molecule is CP(C)(=O)c1ccc(NCC#Cc2sc3c(NC4CCC(N5CC6(CCOCC6)C5)CC4)cccc3c2CC(F)(F)F)c(OCF)c1. The number of halogens is 4. The molecule has 6 rings (SSSR count). The number of nitrogens with one attached hydrogen (secondary N) is 2. The molecular weight excluding hydrogens is 649 g/mol. The van der Waals surface area contributed by atoms with Crippen LogP contribution in [-0.4, -0.2) is 76.2 Å². The van der Waals surface area contributed by atoms with Crippen molar-refractivity contribution in [2.24, 2.45) is 5.41 Å². The molecule has 47 heavy (non-hydrogen) atoms. The van der Waals surface area contributed by atoms with E-state index in [0.29, 0.717) is 32.7 Å². The highest BCUT2D eigenvalue weighted by Gasteiger charge is 2.46. The third-order valence-electron chi connectivity index (χ3n) is 9.76. The largest absolute Gasteiger partial charge is 0.461 e. The highest BCUT2D eigenvalue weighted by atomic mass is 32.1. The van der Waals surface area contributed by atoms with Crippen molar-refractivity contribution < 1.29 is 31.6 Å². The number of nitrogens with zero attached hydrogens (tertiary/aromatic N) is 1. The Morgan fingerprint density at radius 1 is 1.09 bits per heavy atom. The number of thiophene rings is 1. The second-order valence-electron chi connectivity index (χ2n) is 13.5. The zero-order valence-corrected chi connectivity index (χ0v) is 28.6. The normalized spacial score (nSPS) is 21.6. The molecule has 0 amide bonds. The zero-order chi connectivity index (χ0) is 33.2. The van der Waals surface area contributed by atoms with E-state index >= 15 is 0 Å². The number of fused-ring (bicyclic) bond motifs is 1. The number of likely N-dealkylation sites (tertiary alicyclic amines) is 1. The predicted octanol–water partition coefficient (Wildman–Crippen LogP) is 7.86. The summed E-state index contributed by atoms with van der Waals surface area (Å²) in [6.07, 6.45) is 1.16. The Morgan fingerprint density at radius 2 is 1.83 bits per heavy atom. The molecule has 3 fully saturated rings. The van der Waals surface area contributed by atoms with Gasteiger partial charge in [0.05, 0.1) is 33.9 Å². The molecule has 0 bridgehead atoms. The minimum absolute atomic E-state index is 0.0951. The zero-order valence-electron chi connectivity index (χ0n) is 26.9. The van der Waals surface area contributed by atoms with E-state index in [2.05, 4.69) is 27.4 Å². The van der Waals surface area contributed by atoms with E-state index in [1.54, 1.807) is 31.5 Å². The van der Waals surface area contributed by atoms with Gasteiger partial charge in [-0.2, -0.15) is 13.2 Å². The van der Waals surface area contributed by atoms with Gasteiger partial charge in [-0.3, -0.25) is 4.90 Å². The Kier molecular flexibility index (Phi) is 10.2. The minimum Gasteiger partial charge on any atom is -0.461 e. The van der Waals surface area contributed by atoms with E-state index in [0.717, 1.165) is 62.1 Å². The van der Waals surface area contributed by atoms with Gasteiger partial charge in [-0.1, -0.05) is 24.0 Å². The van der Waals surface area contributed by atoms with E-state index in [1.165, 1.54) is 30.5 Å². The van der Waals surface area contributed by atoms with Crippen LogP contribution in [0.1, 0.15) is 49.0 Å². The monoisotopic (exact) mass is 691 g/mol. The minimum atomic E-state index is -4.39. The lowest BCUT2D eigenvalue weighted by Crippen LogP contribution is -2.62. The second-order valence-corrected chi connectivity index (χ2v) is 17.7. The first kappa shape index (κ1) is 34.1. The highest BCUT2D eigenvalue weighted by Crippen LogP contribution is 2.44. The number of rotatable bonds is 9. The molecule has 2 N–H and O–H groups in total. The van der Waals surface area contributed by atoms with Crippen molar-refractivity contribution in [2.45, 2.75) is 63.2 Å². The average Bonchev–Trinajstić information content (AvgIpc) is 3.35. The van der Waals surface area contributed by atoms with Gasteiger partial charge in [0.15, 0.2) is 0 Å². The maximum atomic E-state index is 13.7. The van der Waals surface area contributed by atoms with Crippen LogP contribution < -0.4 is 20.7 Å². The van der Waals surface area contributed by atoms with Crippen LogP contribution in [0.5, 0.6) is 5.75 Å². The molecule has 3 heterocycles. The van der Waals surface area contributed by atoms with Gasteiger partial charge in [-0.25, -0.2) is 4.39 Å². The molecule has 1 spiro atoms. The Hall–Kier alpha value is -2.77. The molecule has 12 heteroatoms. The van der Waals surface area contributed by atoms with Crippen molar-refractivity contribution in [1.82, 2.24) is 4.90 Å². The molecule has 1 saturated carbocycles. The van der Waals surface area contributed by atoms with Crippen molar-refractivity contribution >= 4 is 45.2 Å². The fourth-order valence-corrected chi connectivity index (χ4v) is 9.23. The summed E-state index contributed by atoms with van der Waals surface area (Å²) >= 11 is 1.28. The van der Waals surface area contributed by atoms with E-state index < -0.39 is 26.6 Å². The van der Waals surface area contributed by atoms with E-state index in [1.807, 2.05) is 12.1 Å². The fourth-order valence-electron chi connectivity index (χ4n) is 7.19.